The molecule has 5 nitrogen and oxygen atoms in total. The van der Waals surface area contributed by atoms with Crippen molar-refractivity contribution in [2.45, 2.75) is 31.1 Å². The molecule has 7 heteroatoms. The summed E-state index contributed by atoms with van der Waals surface area (Å²) in [5.74, 6) is 0.417. The summed E-state index contributed by atoms with van der Waals surface area (Å²) in [5.41, 5.74) is 0.807. The average Bonchev–Trinajstić information content (AvgIpc) is 3.14. The molecule has 2 aromatic rings. The Hall–Kier alpha value is -1.82. The largest absolute Gasteiger partial charge is 0.475 e. The van der Waals surface area contributed by atoms with E-state index in [9.17, 15) is 4.79 Å². The minimum absolute atomic E-state index is 0.0703. The van der Waals surface area contributed by atoms with Crippen molar-refractivity contribution in [3.8, 4) is 5.88 Å². The Labute approximate surface area is 169 Å². The summed E-state index contributed by atoms with van der Waals surface area (Å²) in [7, 11) is 1.61. The Bertz CT molecular complexity index is 790. The van der Waals surface area contributed by atoms with E-state index in [1.165, 1.54) is 0 Å². The zero-order valence-corrected chi connectivity index (χ0v) is 16.6. The van der Waals surface area contributed by atoms with Gasteiger partial charge in [-0.1, -0.05) is 42.1 Å². The summed E-state index contributed by atoms with van der Waals surface area (Å²) in [6.45, 7) is 0.915. The third kappa shape index (κ3) is 4.54. The Kier molecular flexibility index (Phi) is 6.58. The van der Waals surface area contributed by atoms with Gasteiger partial charge in [0.2, 0.25) is 11.8 Å². The highest BCUT2D eigenvalue weighted by atomic mass is 35.5. The Morgan fingerprint density at radius 1 is 1.19 bits per heavy atom. The first kappa shape index (κ1) is 19.9. The normalized spacial score (nSPS) is 15.5. The molecule has 1 aromatic heterocycles. The van der Waals surface area contributed by atoms with E-state index in [1.807, 2.05) is 6.07 Å². The van der Waals surface area contributed by atoms with Crippen LogP contribution in [0.3, 0.4) is 0 Å². The van der Waals surface area contributed by atoms with Gasteiger partial charge in [-0.15, -0.1) is 0 Å². The van der Waals surface area contributed by atoms with Gasteiger partial charge in [0.1, 0.15) is 6.61 Å². The van der Waals surface area contributed by atoms with Crippen LogP contribution in [0.4, 0.5) is 5.69 Å². The first-order valence-corrected chi connectivity index (χ1v) is 9.65. The molecular formula is C20H22Cl2N2O3. The molecular weight excluding hydrogens is 387 g/mol. The van der Waals surface area contributed by atoms with E-state index in [1.54, 1.807) is 37.6 Å². The van der Waals surface area contributed by atoms with Crippen LogP contribution in [0.2, 0.25) is 10.0 Å². The number of hydrogen-bond donors (Lipinski definition) is 1. The number of anilines is 1. The summed E-state index contributed by atoms with van der Waals surface area (Å²) in [6, 6.07) is 8.84. The molecule has 1 aromatic carbocycles. The van der Waals surface area contributed by atoms with Crippen molar-refractivity contribution in [3.63, 3.8) is 0 Å². The third-order valence-corrected chi connectivity index (χ3v) is 5.42. The standard InChI is InChI=1S/C20H22Cl2N2O3/c1-26-10-11-27-18-7-5-15(13-23-18)24-19(25)20(8-2-3-9-20)16-6-4-14(21)12-17(16)22/h4-7,12-13H,2-3,8-11H2,1H3,(H,24,25). The number of hydrogen-bond acceptors (Lipinski definition) is 4. The number of benzene rings is 1. The van der Waals surface area contributed by atoms with E-state index in [-0.39, 0.29) is 5.91 Å². The minimum Gasteiger partial charge on any atom is -0.475 e. The molecule has 0 bridgehead atoms. The van der Waals surface area contributed by atoms with Gasteiger partial charge < -0.3 is 14.8 Å². The Morgan fingerprint density at radius 2 is 1.96 bits per heavy atom. The van der Waals surface area contributed by atoms with Crippen LogP contribution in [0.25, 0.3) is 0 Å². The molecule has 144 valence electrons. The number of methoxy groups -OCH3 is 1. The van der Waals surface area contributed by atoms with Crippen molar-refractivity contribution < 1.29 is 14.3 Å². The van der Waals surface area contributed by atoms with Gasteiger partial charge in [0.05, 0.1) is 23.9 Å². The molecule has 1 saturated carbocycles. The summed E-state index contributed by atoms with van der Waals surface area (Å²) in [4.78, 5) is 17.4. The highest BCUT2D eigenvalue weighted by Crippen LogP contribution is 2.45. The van der Waals surface area contributed by atoms with Crippen LogP contribution in [0.5, 0.6) is 5.88 Å². The van der Waals surface area contributed by atoms with Crippen LogP contribution in [0.15, 0.2) is 36.5 Å². The van der Waals surface area contributed by atoms with Gasteiger partial charge in [-0.2, -0.15) is 0 Å². The third-order valence-electron chi connectivity index (χ3n) is 4.87. The number of nitrogens with zero attached hydrogens (tertiary/aromatic N) is 1. The van der Waals surface area contributed by atoms with Crippen LogP contribution in [-0.4, -0.2) is 31.2 Å². The molecule has 1 fully saturated rings. The van der Waals surface area contributed by atoms with Gasteiger partial charge in [0.25, 0.3) is 0 Å². The van der Waals surface area contributed by atoms with Crippen LogP contribution >= 0.6 is 23.2 Å². The van der Waals surface area contributed by atoms with Crippen molar-refractivity contribution in [3.05, 3.63) is 52.1 Å². The Morgan fingerprint density at radius 3 is 2.59 bits per heavy atom. The predicted molar refractivity (Wildman–Crippen MR) is 107 cm³/mol. The lowest BCUT2D eigenvalue weighted by Crippen LogP contribution is -2.38. The molecule has 27 heavy (non-hydrogen) atoms. The molecule has 1 aliphatic rings. The van der Waals surface area contributed by atoms with E-state index >= 15 is 0 Å². The maximum absolute atomic E-state index is 13.2. The van der Waals surface area contributed by atoms with E-state index in [0.717, 1.165) is 31.2 Å². The second kappa shape index (κ2) is 8.91. The van der Waals surface area contributed by atoms with Gasteiger partial charge in [-0.05, 0) is 36.6 Å². The summed E-state index contributed by atoms with van der Waals surface area (Å²) >= 11 is 12.4. The van der Waals surface area contributed by atoms with E-state index < -0.39 is 5.41 Å². The van der Waals surface area contributed by atoms with Crippen LogP contribution in [0.1, 0.15) is 31.2 Å². The number of rotatable bonds is 7. The summed E-state index contributed by atoms with van der Waals surface area (Å²) in [6.07, 6.45) is 5.07. The van der Waals surface area contributed by atoms with E-state index in [4.69, 9.17) is 32.7 Å². The van der Waals surface area contributed by atoms with Crippen molar-refractivity contribution in [1.29, 1.82) is 0 Å². The number of carbonyl (C=O) groups excluding carboxylic acids is 1. The van der Waals surface area contributed by atoms with Crippen molar-refractivity contribution >= 4 is 34.8 Å². The molecule has 0 saturated heterocycles. The number of nitrogens with one attached hydrogen (secondary N) is 1. The molecule has 3 rings (SSSR count). The number of aromatic nitrogens is 1. The lowest BCUT2D eigenvalue weighted by molar-refractivity contribution is -0.121. The van der Waals surface area contributed by atoms with Gasteiger partial charge in [-0.25, -0.2) is 4.98 Å². The number of amides is 1. The Balaban J connectivity index is 1.76. The van der Waals surface area contributed by atoms with Crippen molar-refractivity contribution in [1.82, 2.24) is 4.98 Å². The zero-order chi connectivity index (χ0) is 19.3. The van der Waals surface area contributed by atoms with Gasteiger partial charge in [0, 0.05) is 23.2 Å². The molecule has 0 atom stereocenters. The molecule has 0 spiro atoms. The van der Waals surface area contributed by atoms with Crippen molar-refractivity contribution in [2.75, 3.05) is 25.6 Å². The molecule has 0 aliphatic heterocycles. The van der Waals surface area contributed by atoms with Gasteiger partial charge in [0.15, 0.2) is 0 Å². The monoisotopic (exact) mass is 408 g/mol. The fourth-order valence-corrected chi connectivity index (χ4v) is 4.08. The highest BCUT2D eigenvalue weighted by Gasteiger charge is 2.44. The second-order valence-corrected chi connectivity index (χ2v) is 7.44. The second-order valence-electron chi connectivity index (χ2n) is 6.59. The fourth-order valence-electron chi connectivity index (χ4n) is 3.49. The van der Waals surface area contributed by atoms with E-state index in [0.29, 0.717) is 34.8 Å². The van der Waals surface area contributed by atoms with Crippen LogP contribution in [-0.2, 0) is 14.9 Å². The zero-order valence-electron chi connectivity index (χ0n) is 15.1. The molecule has 1 N–H and O–H groups in total. The van der Waals surface area contributed by atoms with Crippen molar-refractivity contribution in [2.24, 2.45) is 0 Å². The van der Waals surface area contributed by atoms with Crippen LogP contribution < -0.4 is 10.1 Å². The maximum Gasteiger partial charge on any atom is 0.235 e. The first-order valence-electron chi connectivity index (χ1n) is 8.90. The summed E-state index contributed by atoms with van der Waals surface area (Å²) < 4.78 is 10.4. The highest BCUT2D eigenvalue weighted by molar-refractivity contribution is 6.35. The lowest BCUT2D eigenvalue weighted by atomic mass is 9.78. The minimum atomic E-state index is -0.644. The maximum atomic E-state index is 13.2. The SMILES string of the molecule is COCCOc1ccc(NC(=O)C2(c3ccc(Cl)cc3Cl)CCCC2)cn1. The molecule has 0 radical (unpaired) electrons. The molecule has 0 unspecified atom stereocenters. The van der Waals surface area contributed by atoms with Crippen LogP contribution in [0, 0.1) is 0 Å². The predicted octanol–water partition coefficient (Wildman–Crippen LogP) is 4.86. The molecule has 1 heterocycles. The topological polar surface area (TPSA) is 60.5 Å². The fraction of sp³-hybridized carbons (Fsp3) is 0.400. The average molecular weight is 409 g/mol. The lowest BCUT2D eigenvalue weighted by Gasteiger charge is -2.29. The van der Waals surface area contributed by atoms with E-state index in [2.05, 4.69) is 10.3 Å². The first-order chi connectivity index (χ1) is 13.0. The molecule has 1 amide bonds. The van der Waals surface area contributed by atoms with Gasteiger partial charge >= 0.3 is 0 Å². The quantitative estimate of drug-likeness (QED) is 0.664. The van der Waals surface area contributed by atoms with Gasteiger partial charge in [-0.3, -0.25) is 4.79 Å². The number of ether oxygens (including phenoxy) is 2. The number of pyridine rings is 1. The summed E-state index contributed by atoms with van der Waals surface area (Å²) in [5, 5.41) is 4.07. The number of halogens is 2. The molecule has 1 aliphatic carbocycles. The smallest absolute Gasteiger partial charge is 0.235 e. The number of carbonyl (C=O) groups is 1.